The van der Waals surface area contributed by atoms with Gasteiger partial charge in [-0.1, -0.05) is 12.1 Å². The average Bonchev–Trinajstić information content (AvgIpc) is 2.43. The van der Waals surface area contributed by atoms with Crippen LogP contribution in [0.15, 0.2) is 24.3 Å². The highest BCUT2D eigenvalue weighted by molar-refractivity contribution is 5.42. The van der Waals surface area contributed by atoms with Crippen LogP contribution in [0.1, 0.15) is 25.8 Å². The summed E-state index contributed by atoms with van der Waals surface area (Å²) >= 11 is 0. The summed E-state index contributed by atoms with van der Waals surface area (Å²) in [5.74, 6) is 0.633. The molecule has 0 aliphatic carbocycles. The van der Waals surface area contributed by atoms with Crippen molar-refractivity contribution in [2.45, 2.75) is 25.8 Å². The van der Waals surface area contributed by atoms with Crippen LogP contribution < -0.4 is 4.74 Å². The number of aliphatic hydroxyl groups excluding tert-OH is 1. The normalized spacial score (nSPS) is 11.4. The largest absolute Gasteiger partial charge is 0.492 e. The first-order valence-corrected chi connectivity index (χ1v) is 6.45. The summed E-state index contributed by atoms with van der Waals surface area (Å²) in [6.45, 7) is 5.52. The second kappa shape index (κ2) is 7.13. The molecule has 1 N–H and O–H groups in total. The molecule has 0 aromatic heterocycles. The zero-order chi connectivity index (χ0) is 14.3. The highest BCUT2D eigenvalue weighted by atomic mass is 16.5. The Kier molecular flexibility index (Phi) is 5.81. The second-order valence-corrected chi connectivity index (χ2v) is 5.20. The van der Waals surface area contributed by atoms with Crippen LogP contribution in [0.3, 0.4) is 0 Å². The second-order valence-electron chi connectivity index (χ2n) is 5.20. The predicted octanol–water partition coefficient (Wildman–Crippen LogP) is 2.03. The number of aliphatic hydroxyl groups is 1. The standard InChI is InChI=1S/C15H22N2O2/c1-15(2,12-18)17(3)9-6-10-19-14-8-5-4-7-13(14)11-16/h4-5,7-8,18H,6,9-10,12H2,1-3H3. The van der Waals surface area contributed by atoms with Crippen molar-refractivity contribution < 1.29 is 9.84 Å². The minimum atomic E-state index is -0.218. The Labute approximate surface area is 115 Å². The van der Waals surface area contributed by atoms with Gasteiger partial charge in [0.2, 0.25) is 0 Å². The predicted molar refractivity (Wildman–Crippen MR) is 75.1 cm³/mol. The first-order chi connectivity index (χ1) is 9.01. The van der Waals surface area contributed by atoms with Gasteiger partial charge in [-0.05, 0) is 39.4 Å². The van der Waals surface area contributed by atoms with Gasteiger partial charge in [0, 0.05) is 12.1 Å². The van der Waals surface area contributed by atoms with Crippen LogP contribution in [-0.2, 0) is 0 Å². The molecule has 104 valence electrons. The topological polar surface area (TPSA) is 56.5 Å². The van der Waals surface area contributed by atoms with E-state index < -0.39 is 0 Å². The molecule has 0 atom stereocenters. The number of nitriles is 1. The molecule has 0 bridgehead atoms. The Balaban J connectivity index is 2.38. The molecule has 1 aromatic rings. The molecule has 19 heavy (non-hydrogen) atoms. The van der Waals surface area contributed by atoms with E-state index in [-0.39, 0.29) is 12.1 Å². The third kappa shape index (κ3) is 4.55. The van der Waals surface area contributed by atoms with Gasteiger partial charge in [-0.3, -0.25) is 4.90 Å². The van der Waals surface area contributed by atoms with Gasteiger partial charge in [0.05, 0.1) is 18.8 Å². The van der Waals surface area contributed by atoms with Crippen molar-refractivity contribution in [2.75, 3.05) is 26.8 Å². The smallest absolute Gasteiger partial charge is 0.137 e. The highest BCUT2D eigenvalue weighted by Crippen LogP contribution is 2.17. The molecule has 0 radical (unpaired) electrons. The molecule has 0 unspecified atom stereocenters. The summed E-state index contributed by atoms with van der Waals surface area (Å²) in [6, 6.07) is 9.34. The summed E-state index contributed by atoms with van der Waals surface area (Å²) in [5.41, 5.74) is 0.344. The lowest BCUT2D eigenvalue weighted by molar-refractivity contribution is 0.0747. The molecule has 0 saturated heterocycles. The molecule has 0 heterocycles. The van der Waals surface area contributed by atoms with Gasteiger partial charge in [-0.15, -0.1) is 0 Å². The van der Waals surface area contributed by atoms with Crippen molar-refractivity contribution in [1.82, 2.24) is 4.90 Å². The Bertz CT molecular complexity index is 438. The molecule has 0 saturated carbocycles. The van der Waals surface area contributed by atoms with E-state index in [1.165, 1.54) is 0 Å². The summed E-state index contributed by atoms with van der Waals surface area (Å²) in [7, 11) is 1.99. The fraction of sp³-hybridized carbons (Fsp3) is 0.533. The maximum absolute atomic E-state index is 9.26. The van der Waals surface area contributed by atoms with Crippen LogP contribution in [0.2, 0.25) is 0 Å². The summed E-state index contributed by atoms with van der Waals surface area (Å²) < 4.78 is 5.61. The Hall–Kier alpha value is -1.57. The molecule has 4 heteroatoms. The van der Waals surface area contributed by atoms with Crippen LogP contribution >= 0.6 is 0 Å². The Morgan fingerprint density at radius 1 is 1.37 bits per heavy atom. The van der Waals surface area contributed by atoms with Crippen molar-refractivity contribution in [3.05, 3.63) is 29.8 Å². The van der Waals surface area contributed by atoms with Crippen molar-refractivity contribution in [3.8, 4) is 11.8 Å². The number of hydrogen-bond acceptors (Lipinski definition) is 4. The van der Waals surface area contributed by atoms with Crippen molar-refractivity contribution >= 4 is 0 Å². The van der Waals surface area contributed by atoms with Crippen molar-refractivity contribution in [1.29, 1.82) is 5.26 Å². The van der Waals surface area contributed by atoms with Gasteiger partial charge in [-0.2, -0.15) is 5.26 Å². The van der Waals surface area contributed by atoms with E-state index in [1.807, 2.05) is 33.0 Å². The molecule has 0 aliphatic rings. The minimum absolute atomic E-state index is 0.127. The lowest BCUT2D eigenvalue weighted by Crippen LogP contribution is -2.44. The molecular weight excluding hydrogens is 240 g/mol. The fourth-order valence-electron chi connectivity index (χ4n) is 1.59. The monoisotopic (exact) mass is 262 g/mol. The Morgan fingerprint density at radius 3 is 2.68 bits per heavy atom. The number of nitrogens with zero attached hydrogens (tertiary/aromatic N) is 2. The molecule has 4 nitrogen and oxygen atoms in total. The van der Waals surface area contributed by atoms with E-state index >= 15 is 0 Å². The summed E-state index contributed by atoms with van der Waals surface area (Å²) in [4.78, 5) is 2.10. The molecule has 1 aromatic carbocycles. The molecule has 0 amide bonds. The number of ether oxygens (including phenoxy) is 1. The zero-order valence-corrected chi connectivity index (χ0v) is 11.9. The van der Waals surface area contributed by atoms with Crippen LogP contribution in [-0.4, -0.2) is 42.4 Å². The quantitative estimate of drug-likeness (QED) is 0.764. The Morgan fingerprint density at radius 2 is 2.05 bits per heavy atom. The molecule has 0 aliphatic heterocycles. The first-order valence-electron chi connectivity index (χ1n) is 6.45. The van der Waals surface area contributed by atoms with Gasteiger partial charge in [0.1, 0.15) is 11.8 Å². The highest BCUT2D eigenvalue weighted by Gasteiger charge is 2.21. The summed E-state index contributed by atoms with van der Waals surface area (Å²) in [5, 5.41) is 18.2. The SMILES string of the molecule is CN(CCCOc1ccccc1C#N)C(C)(C)CO. The maximum atomic E-state index is 9.26. The van der Waals surface area contributed by atoms with E-state index in [4.69, 9.17) is 10.00 Å². The maximum Gasteiger partial charge on any atom is 0.137 e. The van der Waals surface area contributed by atoms with Crippen LogP contribution in [0.25, 0.3) is 0 Å². The zero-order valence-electron chi connectivity index (χ0n) is 11.9. The van der Waals surface area contributed by atoms with Gasteiger partial charge in [-0.25, -0.2) is 0 Å². The molecule has 0 fully saturated rings. The van der Waals surface area contributed by atoms with Crippen LogP contribution in [0.4, 0.5) is 0 Å². The fourth-order valence-corrected chi connectivity index (χ4v) is 1.59. The summed E-state index contributed by atoms with van der Waals surface area (Å²) in [6.07, 6.45) is 0.847. The van der Waals surface area contributed by atoms with Crippen molar-refractivity contribution in [2.24, 2.45) is 0 Å². The number of rotatable bonds is 7. The lowest BCUT2D eigenvalue weighted by atomic mass is 10.1. The van der Waals surface area contributed by atoms with Crippen molar-refractivity contribution in [3.63, 3.8) is 0 Å². The average molecular weight is 262 g/mol. The molecule has 1 rings (SSSR count). The van der Waals surface area contributed by atoms with E-state index in [1.54, 1.807) is 12.1 Å². The first kappa shape index (κ1) is 15.5. The number of likely N-dealkylation sites (N-methyl/N-ethyl adjacent to an activating group) is 1. The van der Waals surface area contributed by atoms with Gasteiger partial charge < -0.3 is 9.84 Å². The third-order valence-electron chi connectivity index (χ3n) is 3.32. The van der Waals surface area contributed by atoms with E-state index in [2.05, 4.69) is 11.0 Å². The molecule has 0 spiro atoms. The molecular formula is C15H22N2O2. The van der Waals surface area contributed by atoms with Gasteiger partial charge >= 0.3 is 0 Å². The number of benzene rings is 1. The van der Waals surface area contributed by atoms with Crippen LogP contribution in [0, 0.1) is 11.3 Å². The van der Waals surface area contributed by atoms with E-state index in [0.29, 0.717) is 17.9 Å². The van der Waals surface area contributed by atoms with Crippen LogP contribution in [0.5, 0.6) is 5.75 Å². The number of hydrogen-bond donors (Lipinski definition) is 1. The third-order valence-corrected chi connectivity index (χ3v) is 3.32. The van der Waals surface area contributed by atoms with E-state index in [0.717, 1.165) is 13.0 Å². The van der Waals surface area contributed by atoms with E-state index in [9.17, 15) is 5.11 Å². The number of para-hydroxylation sites is 1. The van der Waals surface area contributed by atoms with Gasteiger partial charge in [0.25, 0.3) is 0 Å². The lowest BCUT2D eigenvalue weighted by Gasteiger charge is -2.33. The van der Waals surface area contributed by atoms with Gasteiger partial charge in [0.15, 0.2) is 0 Å². The minimum Gasteiger partial charge on any atom is -0.492 e.